The van der Waals surface area contributed by atoms with Crippen LogP contribution in [-0.4, -0.2) is 12.6 Å². The second-order valence-electron chi connectivity index (χ2n) is 9.92. The van der Waals surface area contributed by atoms with Crippen LogP contribution in [0.25, 0.3) is 0 Å². The minimum Gasteiger partial charge on any atom is -0.298 e. The molecule has 0 bridgehead atoms. The van der Waals surface area contributed by atoms with E-state index in [0.717, 1.165) is 54.4 Å². The zero-order chi connectivity index (χ0) is 23.5. The van der Waals surface area contributed by atoms with Gasteiger partial charge in [-0.1, -0.05) is 77.2 Å². The van der Waals surface area contributed by atoms with Crippen LogP contribution in [-0.2, 0) is 10.8 Å². The maximum atomic E-state index is 11.7. The predicted molar refractivity (Wildman–Crippen MR) is 136 cm³/mol. The first-order chi connectivity index (χ1) is 15.0. The van der Waals surface area contributed by atoms with Crippen molar-refractivity contribution in [3.05, 3.63) is 82.9 Å². The van der Waals surface area contributed by atoms with Gasteiger partial charge in [-0.3, -0.25) is 9.59 Å². The Bertz CT molecular complexity index is 1030. The second kappa shape index (κ2) is 9.68. The fourth-order valence-corrected chi connectivity index (χ4v) is 5.00. The molecular weight excluding hydrogens is 432 g/mol. The Labute approximate surface area is 200 Å². The summed E-state index contributed by atoms with van der Waals surface area (Å²) in [6.07, 6.45) is 1.87. The third kappa shape index (κ3) is 5.93. The highest BCUT2D eigenvalue weighted by Gasteiger charge is 2.17. The zero-order valence-corrected chi connectivity index (χ0v) is 21.2. The molecule has 0 fully saturated rings. The predicted octanol–water partition coefficient (Wildman–Crippen LogP) is 8.21. The molecule has 166 valence electrons. The van der Waals surface area contributed by atoms with Crippen LogP contribution in [0.3, 0.4) is 0 Å². The summed E-state index contributed by atoms with van der Waals surface area (Å²) < 4.78 is 0. The van der Waals surface area contributed by atoms with E-state index >= 15 is 0 Å². The molecule has 0 radical (unpaired) electrons. The van der Waals surface area contributed by atoms with E-state index in [1.165, 1.54) is 0 Å². The average molecular weight is 463 g/mol. The van der Waals surface area contributed by atoms with Crippen LogP contribution in [0.1, 0.15) is 73.4 Å². The van der Waals surface area contributed by atoms with Crippen molar-refractivity contribution in [1.29, 1.82) is 0 Å². The van der Waals surface area contributed by atoms with E-state index in [1.807, 2.05) is 24.3 Å². The Morgan fingerprint density at radius 2 is 0.906 bits per heavy atom. The molecule has 32 heavy (non-hydrogen) atoms. The van der Waals surface area contributed by atoms with E-state index in [1.54, 1.807) is 23.5 Å². The Kier molecular flexibility index (Phi) is 7.36. The van der Waals surface area contributed by atoms with Gasteiger partial charge < -0.3 is 0 Å². The molecule has 0 saturated heterocycles. The fourth-order valence-electron chi connectivity index (χ4n) is 3.23. The summed E-state index contributed by atoms with van der Waals surface area (Å²) >= 11 is 3.18. The van der Waals surface area contributed by atoms with Gasteiger partial charge in [0.2, 0.25) is 0 Å². The lowest BCUT2D eigenvalue weighted by Gasteiger charge is -2.20. The first kappa shape index (κ1) is 24.3. The average Bonchev–Trinajstić information content (AvgIpc) is 2.74. The number of rotatable bonds is 6. The van der Waals surface area contributed by atoms with E-state index in [-0.39, 0.29) is 10.8 Å². The molecule has 0 N–H and O–H groups in total. The van der Waals surface area contributed by atoms with Gasteiger partial charge in [-0.25, -0.2) is 0 Å². The summed E-state index contributed by atoms with van der Waals surface area (Å²) in [6, 6.07) is 20.5. The summed E-state index contributed by atoms with van der Waals surface area (Å²) in [6.45, 7) is 12.9. The van der Waals surface area contributed by atoms with Crippen molar-refractivity contribution in [2.75, 3.05) is 0 Å². The van der Waals surface area contributed by atoms with E-state index < -0.39 is 0 Å². The molecule has 3 aromatic carbocycles. The van der Waals surface area contributed by atoms with Gasteiger partial charge in [0.15, 0.2) is 12.6 Å². The number of hydrogen-bond donors (Lipinski definition) is 0. The molecule has 0 amide bonds. The number of hydrogen-bond acceptors (Lipinski definition) is 4. The smallest absolute Gasteiger partial charge is 0.151 e. The highest BCUT2D eigenvalue weighted by atomic mass is 32.2. The summed E-state index contributed by atoms with van der Waals surface area (Å²) in [5.41, 5.74) is 3.75. The fraction of sp³-hybridized carbons (Fsp3) is 0.286. The molecule has 0 saturated carbocycles. The van der Waals surface area contributed by atoms with Crippen LogP contribution in [0.15, 0.2) is 80.2 Å². The van der Waals surface area contributed by atoms with Crippen molar-refractivity contribution in [3.8, 4) is 0 Å². The Morgan fingerprint density at radius 3 is 1.19 bits per heavy atom. The molecule has 3 rings (SSSR count). The number of carbonyl (C=O) groups is 2. The molecule has 3 aromatic rings. The SMILES string of the molecule is CC(C)(C)c1ccc(Sc2ccc(Sc3ccc(C(C)(C)C)cc3C=O)cc2)c(C=O)c1. The van der Waals surface area contributed by atoms with Crippen LogP contribution in [0.4, 0.5) is 0 Å². The molecular formula is C28H30O2S2. The summed E-state index contributed by atoms with van der Waals surface area (Å²) in [5.74, 6) is 0. The van der Waals surface area contributed by atoms with Gasteiger partial charge in [0, 0.05) is 30.7 Å². The molecule has 4 heteroatoms. The molecule has 0 aliphatic rings. The second-order valence-corrected chi connectivity index (χ2v) is 12.1. The largest absolute Gasteiger partial charge is 0.298 e. The minimum atomic E-state index is 0.00524. The summed E-state index contributed by atoms with van der Waals surface area (Å²) in [5, 5.41) is 0. The molecule has 2 nitrogen and oxygen atoms in total. The Morgan fingerprint density at radius 1 is 0.562 bits per heavy atom. The summed E-state index contributed by atoms with van der Waals surface area (Å²) in [7, 11) is 0. The molecule has 0 heterocycles. The van der Waals surface area contributed by atoms with Crippen molar-refractivity contribution in [2.24, 2.45) is 0 Å². The van der Waals surface area contributed by atoms with E-state index in [9.17, 15) is 9.59 Å². The van der Waals surface area contributed by atoms with E-state index in [4.69, 9.17) is 0 Å². The highest BCUT2D eigenvalue weighted by Crippen LogP contribution is 2.36. The monoisotopic (exact) mass is 462 g/mol. The number of benzene rings is 3. The van der Waals surface area contributed by atoms with E-state index in [2.05, 4.69) is 77.9 Å². The van der Waals surface area contributed by atoms with Gasteiger partial charge in [-0.15, -0.1) is 0 Å². The lowest BCUT2D eigenvalue weighted by Crippen LogP contribution is -2.11. The van der Waals surface area contributed by atoms with Crippen molar-refractivity contribution in [3.63, 3.8) is 0 Å². The summed E-state index contributed by atoms with van der Waals surface area (Å²) in [4.78, 5) is 27.4. The topological polar surface area (TPSA) is 34.1 Å². The molecule has 0 aliphatic heterocycles. The van der Waals surface area contributed by atoms with Crippen LogP contribution in [0, 0.1) is 0 Å². The van der Waals surface area contributed by atoms with Crippen LogP contribution in [0.5, 0.6) is 0 Å². The Hall–Kier alpha value is -2.30. The maximum Gasteiger partial charge on any atom is 0.151 e. The molecule has 0 aromatic heterocycles. The zero-order valence-electron chi connectivity index (χ0n) is 19.6. The molecule has 0 atom stereocenters. The van der Waals surface area contributed by atoms with Crippen LogP contribution >= 0.6 is 23.5 Å². The third-order valence-electron chi connectivity index (χ3n) is 5.28. The van der Waals surface area contributed by atoms with Crippen molar-refractivity contribution < 1.29 is 9.59 Å². The lowest BCUT2D eigenvalue weighted by molar-refractivity contribution is 0.111. The minimum absolute atomic E-state index is 0.00524. The maximum absolute atomic E-state index is 11.7. The standard InChI is InChI=1S/C28H30O2S2/c1-27(2,3)21-7-13-25(19(15-21)17-29)31-23-9-11-24(12-10-23)32-26-14-8-22(28(4,5)6)16-20(26)18-30/h7-18H,1-6H3. The van der Waals surface area contributed by atoms with Crippen molar-refractivity contribution in [1.82, 2.24) is 0 Å². The van der Waals surface area contributed by atoms with Crippen molar-refractivity contribution >= 4 is 36.1 Å². The lowest BCUT2D eigenvalue weighted by atomic mass is 9.86. The first-order valence-corrected chi connectivity index (χ1v) is 12.3. The van der Waals surface area contributed by atoms with Crippen LogP contribution < -0.4 is 0 Å². The third-order valence-corrected chi connectivity index (χ3v) is 7.48. The van der Waals surface area contributed by atoms with Gasteiger partial charge in [-0.2, -0.15) is 0 Å². The quantitative estimate of drug-likeness (QED) is 0.346. The highest BCUT2D eigenvalue weighted by molar-refractivity contribution is 7.99. The molecule has 0 unspecified atom stereocenters. The van der Waals surface area contributed by atoms with Gasteiger partial charge >= 0.3 is 0 Å². The van der Waals surface area contributed by atoms with Gasteiger partial charge in [0.25, 0.3) is 0 Å². The molecule has 0 aliphatic carbocycles. The first-order valence-electron chi connectivity index (χ1n) is 10.7. The van der Waals surface area contributed by atoms with Gasteiger partial charge in [0.05, 0.1) is 0 Å². The number of aldehydes is 2. The number of carbonyl (C=O) groups excluding carboxylic acids is 2. The Balaban J connectivity index is 1.78. The normalized spacial score (nSPS) is 11.9. The van der Waals surface area contributed by atoms with Crippen LogP contribution in [0.2, 0.25) is 0 Å². The van der Waals surface area contributed by atoms with Gasteiger partial charge in [0.1, 0.15) is 0 Å². The van der Waals surface area contributed by atoms with Gasteiger partial charge in [-0.05, 0) is 70.5 Å². The molecule has 0 spiro atoms. The van der Waals surface area contributed by atoms with Crippen molar-refractivity contribution in [2.45, 2.75) is 72.0 Å². The van der Waals surface area contributed by atoms with E-state index in [0.29, 0.717) is 0 Å².